The second-order valence-electron chi connectivity index (χ2n) is 6.21. The highest BCUT2D eigenvalue weighted by Crippen LogP contribution is 2.19. The maximum atomic E-state index is 12.1. The highest BCUT2D eigenvalue weighted by atomic mass is 32.2. The number of nitrogens with one attached hydrogen (secondary N) is 2. The average Bonchev–Trinajstić information content (AvgIpc) is 2.84. The van der Waals surface area contributed by atoms with Gasteiger partial charge in [0.05, 0.1) is 11.0 Å². The summed E-state index contributed by atoms with van der Waals surface area (Å²) in [4.78, 5) is 15.0. The number of sulfone groups is 1. The molecule has 21 heavy (non-hydrogen) atoms. The van der Waals surface area contributed by atoms with E-state index < -0.39 is 15.1 Å². The van der Waals surface area contributed by atoms with Gasteiger partial charge in [-0.05, 0) is 36.8 Å². The molecule has 5 nitrogen and oxygen atoms in total. The van der Waals surface area contributed by atoms with E-state index in [2.05, 4.69) is 24.1 Å². The Morgan fingerprint density at radius 3 is 2.86 bits per heavy atom. The predicted octanol–water partition coefficient (Wildman–Crippen LogP) is 1.91. The molecule has 118 valence electrons. The summed E-state index contributed by atoms with van der Waals surface area (Å²) >= 11 is 0. The van der Waals surface area contributed by atoms with Gasteiger partial charge < -0.3 is 10.3 Å². The van der Waals surface area contributed by atoms with Crippen LogP contribution in [-0.4, -0.2) is 36.9 Å². The average molecular weight is 312 g/mol. The summed E-state index contributed by atoms with van der Waals surface area (Å²) in [5, 5.41) is 2.31. The number of carbonyl (C=O) groups excluding carboxylic acids is 1. The molecule has 1 aromatic heterocycles. The molecular weight excluding hydrogens is 288 g/mol. The quantitative estimate of drug-likeness (QED) is 0.871. The number of amides is 1. The van der Waals surface area contributed by atoms with Crippen LogP contribution in [0.5, 0.6) is 0 Å². The molecule has 2 rings (SSSR count). The van der Waals surface area contributed by atoms with E-state index in [1.807, 2.05) is 12.3 Å². The van der Waals surface area contributed by atoms with Gasteiger partial charge in [0.15, 0.2) is 9.84 Å². The van der Waals surface area contributed by atoms with Crippen LogP contribution < -0.4 is 5.32 Å². The van der Waals surface area contributed by atoms with Crippen molar-refractivity contribution in [3.63, 3.8) is 0 Å². The minimum Gasteiger partial charge on any atom is -0.357 e. The molecule has 0 bridgehead atoms. The summed E-state index contributed by atoms with van der Waals surface area (Å²) < 4.78 is 23.8. The Morgan fingerprint density at radius 2 is 2.19 bits per heavy atom. The topological polar surface area (TPSA) is 79.0 Å². The maximum Gasteiger partial charge on any atom is 0.267 e. The summed E-state index contributed by atoms with van der Waals surface area (Å²) in [7, 11) is -3.04. The van der Waals surface area contributed by atoms with Gasteiger partial charge in [0.1, 0.15) is 5.69 Å². The highest BCUT2D eigenvalue weighted by Gasteiger charge is 2.29. The summed E-state index contributed by atoms with van der Waals surface area (Å²) in [6.45, 7) is 4.46. The largest absolute Gasteiger partial charge is 0.357 e. The van der Waals surface area contributed by atoms with Crippen LogP contribution in [-0.2, 0) is 16.3 Å². The van der Waals surface area contributed by atoms with E-state index in [0.717, 1.165) is 24.8 Å². The molecule has 1 amide bonds. The summed E-state index contributed by atoms with van der Waals surface area (Å²) in [6.07, 6.45) is 5.06. The van der Waals surface area contributed by atoms with Crippen molar-refractivity contribution in [2.75, 3.05) is 12.3 Å². The van der Waals surface area contributed by atoms with Gasteiger partial charge in [-0.3, -0.25) is 4.79 Å². The van der Waals surface area contributed by atoms with Crippen LogP contribution in [0.25, 0.3) is 0 Å². The van der Waals surface area contributed by atoms with Crippen molar-refractivity contribution in [3.05, 3.63) is 23.5 Å². The van der Waals surface area contributed by atoms with Crippen molar-refractivity contribution >= 4 is 15.7 Å². The molecule has 1 saturated heterocycles. The third-order valence-corrected chi connectivity index (χ3v) is 6.11. The first-order valence-corrected chi connectivity index (χ1v) is 9.27. The molecule has 6 heteroatoms. The second kappa shape index (κ2) is 6.64. The summed E-state index contributed by atoms with van der Waals surface area (Å²) in [5.41, 5.74) is 1.60. The van der Waals surface area contributed by atoms with Gasteiger partial charge >= 0.3 is 0 Å². The van der Waals surface area contributed by atoms with Crippen molar-refractivity contribution < 1.29 is 13.2 Å². The Labute approximate surface area is 126 Å². The van der Waals surface area contributed by atoms with Gasteiger partial charge in [-0.2, -0.15) is 0 Å². The van der Waals surface area contributed by atoms with Crippen LogP contribution in [0.15, 0.2) is 12.3 Å². The number of H-pyrrole nitrogens is 1. The Morgan fingerprint density at radius 1 is 1.43 bits per heavy atom. The Bertz CT molecular complexity index is 590. The zero-order valence-corrected chi connectivity index (χ0v) is 13.5. The van der Waals surface area contributed by atoms with E-state index in [1.165, 1.54) is 0 Å². The van der Waals surface area contributed by atoms with Crippen molar-refractivity contribution in [2.45, 2.75) is 44.8 Å². The first-order chi connectivity index (χ1) is 9.88. The van der Waals surface area contributed by atoms with Gasteiger partial charge in [0.25, 0.3) is 5.91 Å². The van der Waals surface area contributed by atoms with Crippen LogP contribution in [0.3, 0.4) is 0 Å². The molecule has 2 heterocycles. The molecular formula is C15H24N2O3S. The molecule has 0 unspecified atom stereocenters. The molecule has 0 saturated carbocycles. The third-order valence-electron chi connectivity index (χ3n) is 3.83. The number of aromatic amines is 1. The number of hydrogen-bond donors (Lipinski definition) is 2. The smallest absolute Gasteiger partial charge is 0.267 e. The zero-order chi connectivity index (χ0) is 15.5. The van der Waals surface area contributed by atoms with Gasteiger partial charge in [0, 0.05) is 12.7 Å². The lowest BCUT2D eigenvalue weighted by Gasteiger charge is -2.22. The van der Waals surface area contributed by atoms with Gasteiger partial charge in [-0.1, -0.05) is 20.3 Å². The van der Waals surface area contributed by atoms with Crippen LogP contribution in [0.4, 0.5) is 0 Å². The van der Waals surface area contributed by atoms with Crippen molar-refractivity contribution in [1.82, 2.24) is 10.3 Å². The fraction of sp³-hybridized carbons (Fsp3) is 0.667. The van der Waals surface area contributed by atoms with Crippen LogP contribution in [0, 0.1) is 5.92 Å². The summed E-state index contributed by atoms with van der Waals surface area (Å²) in [5.74, 6) is 0.545. The SMILES string of the molecule is CC(C)Cc1c[nH]c(C(=O)NC[C@H]2CCCCS2(=O)=O)c1. The van der Waals surface area contributed by atoms with E-state index in [4.69, 9.17) is 0 Å². The number of hydrogen-bond acceptors (Lipinski definition) is 3. The van der Waals surface area contributed by atoms with Crippen LogP contribution in [0.2, 0.25) is 0 Å². The second-order valence-corrected chi connectivity index (χ2v) is 8.62. The van der Waals surface area contributed by atoms with Gasteiger partial charge in [0.2, 0.25) is 0 Å². The predicted molar refractivity (Wildman–Crippen MR) is 83.1 cm³/mol. The molecule has 1 aliphatic rings. The highest BCUT2D eigenvalue weighted by molar-refractivity contribution is 7.92. The van der Waals surface area contributed by atoms with Crippen molar-refractivity contribution in [3.8, 4) is 0 Å². The van der Waals surface area contributed by atoms with E-state index >= 15 is 0 Å². The normalized spacial score (nSPS) is 21.4. The lowest BCUT2D eigenvalue weighted by atomic mass is 10.1. The first kappa shape index (κ1) is 16.1. The van der Waals surface area contributed by atoms with Gasteiger partial charge in [-0.15, -0.1) is 0 Å². The van der Waals surface area contributed by atoms with Crippen LogP contribution in [0.1, 0.15) is 49.2 Å². The Kier molecular flexibility index (Phi) is 5.08. The maximum absolute atomic E-state index is 12.1. The molecule has 1 fully saturated rings. The standard InChI is InChI=1S/C15H24N2O3S/c1-11(2)7-12-8-14(16-9-12)15(18)17-10-13-5-3-4-6-21(13,19)20/h8-9,11,13,16H,3-7,10H2,1-2H3,(H,17,18)/t13-/m1/s1. The fourth-order valence-corrected chi connectivity index (χ4v) is 4.51. The molecule has 0 spiro atoms. The molecule has 1 aliphatic heterocycles. The van der Waals surface area contributed by atoms with Crippen molar-refractivity contribution in [2.24, 2.45) is 5.92 Å². The minimum atomic E-state index is -3.04. The fourth-order valence-electron chi connectivity index (χ4n) is 2.71. The lowest BCUT2D eigenvalue weighted by molar-refractivity contribution is 0.0949. The van der Waals surface area contributed by atoms with Gasteiger partial charge in [-0.25, -0.2) is 8.42 Å². The van der Waals surface area contributed by atoms with E-state index in [0.29, 0.717) is 18.0 Å². The minimum absolute atomic E-state index is 0.208. The lowest BCUT2D eigenvalue weighted by Crippen LogP contribution is -2.39. The number of carbonyl (C=O) groups is 1. The molecule has 0 aromatic carbocycles. The van der Waals surface area contributed by atoms with Crippen molar-refractivity contribution in [1.29, 1.82) is 0 Å². The van der Waals surface area contributed by atoms with E-state index in [-0.39, 0.29) is 18.2 Å². The third kappa shape index (κ3) is 4.33. The monoisotopic (exact) mass is 312 g/mol. The zero-order valence-electron chi connectivity index (χ0n) is 12.7. The Balaban J connectivity index is 1.91. The number of aromatic nitrogens is 1. The molecule has 1 atom stereocenters. The van der Waals surface area contributed by atoms with E-state index in [9.17, 15) is 13.2 Å². The van der Waals surface area contributed by atoms with Crippen LogP contribution >= 0.6 is 0 Å². The first-order valence-electron chi connectivity index (χ1n) is 7.55. The number of rotatable bonds is 5. The molecule has 0 radical (unpaired) electrons. The molecule has 2 N–H and O–H groups in total. The Hall–Kier alpha value is -1.30. The summed E-state index contributed by atoms with van der Waals surface area (Å²) in [6, 6.07) is 1.84. The van der Waals surface area contributed by atoms with E-state index in [1.54, 1.807) is 0 Å². The molecule has 1 aromatic rings. The molecule has 0 aliphatic carbocycles.